The summed E-state index contributed by atoms with van der Waals surface area (Å²) in [7, 11) is 0. The molecular weight excluding hydrogens is 552 g/mol. The van der Waals surface area contributed by atoms with Crippen LogP contribution in [0.3, 0.4) is 0 Å². The number of unbranched alkanes of at least 4 members (excludes halogenated alkanes) is 1. The molecule has 0 aliphatic heterocycles. The molecule has 2 N–H and O–H groups in total. The van der Waals surface area contributed by atoms with Gasteiger partial charge in [0.1, 0.15) is 30.3 Å². The Balaban J connectivity index is 1.53. The van der Waals surface area contributed by atoms with Crippen molar-refractivity contribution in [2.75, 3.05) is 6.61 Å². The number of ether oxygens (including phenoxy) is 3. The van der Waals surface area contributed by atoms with Crippen molar-refractivity contribution in [3.05, 3.63) is 71.3 Å². The zero-order valence-electron chi connectivity index (χ0n) is 25.2. The number of hydrogen-bond donors (Lipinski definition) is 2. The molecule has 0 aliphatic rings. The fourth-order valence-electron chi connectivity index (χ4n) is 4.55. The predicted octanol–water partition coefficient (Wildman–Crippen LogP) is 5.22. The number of tetrazole rings is 1. The molecule has 43 heavy (non-hydrogen) atoms. The molecule has 0 radical (unpaired) electrons. The number of carbonyl (C=O) groups is 2. The zero-order valence-corrected chi connectivity index (χ0v) is 25.2. The Morgan fingerprint density at radius 1 is 1.05 bits per heavy atom. The second-order valence-electron chi connectivity index (χ2n) is 10.9. The van der Waals surface area contributed by atoms with Gasteiger partial charge in [-0.2, -0.15) is 5.21 Å². The number of aromatic nitrogens is 6. The Kier molecular flexibility index (Phi) is 10.3. The van der Waals surface area contributed by atoms with E-state index in [1.807, 2.05) is 48.5 Å². The van der Waals surface area contributed by atoms with E-state index in [4.69, 9.17) is 14.2 Å². The summed E-state index contributed by atoms with van der Waals surface area (Å²) >= 11 is 0. The molecule has 0 spiro atoms. The first kappa shape index (κ1) is 31.4. The maximum Gasteiger partial charge on any atom is 0.508 e. The summed E-state index contributed by atoms with van der Waals surface area (Å²) in [5.41, 5.74) is 2.41. The van der Waals surface area contributed by atoms with Gasteiger partial charge in [-0.15, -0.1) is 10.2 Å². The van der Waals surface area contributed by atoms with Crippen LogP contribution in [0.5, 0.6) is 0 Å². The van der Waals surface area contributed by atoms with Crippen LogP contribution in [0.2, 0.25) is 0 Å². The topological polar surface area (TPSA) is 154 Å². The molecule has 0 unspecified atom stereocenters. The highest BCUT2D eigenvalue weighted by Crippen LogP contribution is 2.30. The average Bonchev–Trinajstić information content (AvgIpc) is 3.63. The summed E-state index contributed by atoms with van der Waals surface area (Å²) in [5, 5.41) is 25.2. The minimum atomic E-state index is -1.41. The molecule has 4 aromatic rings. The van der Waals surface area contributed by atoms with E-state index < -0.39 is 17.7 Å². The number of nitrogens with one attached hydrogen (secondary N) is 1. The van der Waals surface area contributed by atoms with Crippen molar-refractivity contribution in [2.24, 2.45) is 0 Å². The van der Waals surface area contributed by atoms with Gasteiger partial charge in [-0.05, 0) is 56.0 Å². The minimum Gasteiger partial charge on any atom is -0.456 e. The number of imidazole rings is 1. The molecule has 228 valence electrons. The van der Waals surface area contributed by atoms with Gasteiger partial charge in [-0.25, -0.2) is 14.6 Å². The van der Waals surface area contributed by atoms with E-state index in [1.54, 1.807) is 32.3 Å². The zero-order chi connectivity index (χ0) is 31.0. The van der Waals surface area contributed by atoms with Gasteiger partial charge in [0.25, 0.3) is 0 Å². The van der Waals surface area contributed by atoms with Gasteiger partial charge in [0, 0.05) is 12.0 Å². The molecule has 0 saturated heterocycles. The average molecular weight is 591 g/mol. The Morgan fingerprint density at radius 3 is 2.40 bits per heavy atom. The lowest BCUT2D eigenvalue weighted by molar-refractivity contribution is 0.0317. The molecule has 2 aromatic carbocycles. The maximum atomic E-state index is 13.6. The van der Waals surface area contributed by atoms with Gasteiger partial charge < -0.3 is 23.9 Å². The van der Waals surface area contributed by atoms with Crippen molar-refractivity contribution in [2.45, 2.75) is 78.7 Å². The highest BCUT2D eigenvalue weighted by molar-refractivity contribution is 5.89. The number of aromatic amines is 1. The Bertz CT molecular complexity index is 1510. The molecule has 12 heteroatoms. The first-order valence-corrected chi connectivity index (χ1v) is 14.3. The van der Waals surface area contributed by atoms with Crippen LogP contribution >= 0.6 is 0 Å². The third-order valence-electron chi connectivity index (χ3n) is 6.59. The fraction of sp³-hybridized carbons (Fsp3) is 0.419. The molecule has 2 aromatic heterocycles. The number of rotatable bonds is 13. The molecule has 2 heterocycles. The standard InChI is InChI=1S/C31H38N6O6/c1-6-7-12-25-32-27(31(4,5)40)26(37(25)17-18-41-30(39)43-20(2)3)29(38)42-19-21-13-15-22(16-14-21)23-10-8-9-11-24(23)28-33-35-36-34-28/h8-11,13-16,20,40H,6-7,12,17-19H2,1-5H3,(H,33,34,35,36). The number of aliphatic hydroxyl groups is 1. The van der Waals surface area contributed by atoms with E-state index >= 15 is 0 Å². The predicted molar refractivity (Wildman–Crippen MR) is 158 cm³/mol. The van der Waals surface area contributed by atoms with Gasteiger partial charge >= 0.3 is 12.1 Å². The van der Waals surface area contributed by atoms with Crippen molar-refractivity contribution < 1.29 is 28.9 Å². The van der Waals surface area contributed by atoms with Crippen molar-refractivity contribution in [1.82, 2.24) is 30.2 Å². The summed E-state index contributed by atoms with van der Waals surface area (Å²) in [6, 6.07) is 15.4. The summed E-state index contributed by atoms with van der Waals surface area (Å²) in [4.78, 5) is 30.1. The molecule has 0 fully saturated rings. The lowest BCUT2D eigenvalue weighted by atomic mass is 9.98. The van der Waals surface area contributed by atoms with Crippen LogP contribution in [0.15, 0.2) is 48.5 Å². The van der Waals surface area contributed by atoms with Gasteiger partial charge in [0.15, 0.2) is 5.69 Å². The van der Waals surface area contributed by atoms with Crippen molar-refractivity contribution >= 4 is 12.1 Å². The summed E-state index contributed by atoms with van der Waals surface area (Å²) in [6.45, 7) is 8.76. The van der Waals surface area contributed by atoms with Crippen LogP contribution in [-0.2, 0) is 39.4 Å². The van der Waals surface area contributed by atoms with Crippen molar-refractivity contribution in [1.29, 1.82) is 0 Å². The van der Waals surface area contributed by atoms with Crippen LogP contribution in [0, 0.1) is 0 Å². The highest BCUT2D eigenvalue weighted by Gasteiger charge is 2.32. The largest absolute Gasteiger partial charge is 0.508 e. The normalized spacial score (nSPS) is 11.5. The molecule has 0 saturated carbocycles. The summed E-state index contributed by atoms with van der Waals surface area (Å²) in [5.74, 6) is 0.466. The Morgan fingerprint density at radius 2 is 1.77 bits per heavy atom. The van der Waals surface area contributed by atoms with Crippen LogP contribution in [0.25, 0.3) is 22.5 Å². The number of esters is 1. The molecule has 4 rings (SSSR count). The monoisotopic (exact) mass is 590 g/mol. The van der Waals surface area contributed by atoms with Crippen LogP contribution in [0.4, 0.5) is 4.79 Å². The van der Waals surface area contributed by atoms with E-state index in [9.17, 15) is 14.7 Å². The number of aryl methyl sites for hydroxylation is 1. The quantitative estimate of drug-likeness (QED) is 0.198. The smallest absolute Gasteiger partial charge is 0.456 e. The van der Waals surface area contributed by atoms with E-state index in [-0.39, 0.29) is 37.3 Å². The Labute approximate surface area is 250 Å². The van der Waals surface area contributed by atoms with E-state index in [0.29, 0.717) is 18.1 Å². The Hall–Kier alpha value is -4.58. The third-order valence-corrected chi connectivity index (χ3v) is 6.59. The van der Waals surface area contributed by atoms with Gasteiger partial charge in [0.05, 0.1) is 12.6 Å². The summed E-state index contributed by atoms with van der Waals surface area (Å²) in [6.07, 6.45) is 1.21. The lowest BCUT2D eigenvalue weighted by Crippen LogP contribution is -2.24. The fourth-order valence-corrected chi connectivity index (χ4v) is 4.55. The highest BCUT2D eigenvalue weighted by atomic mass is 16.7. The van der Waals surface area contributed by atoms with Crippen LogP contribution in [0.1, 0.15) is 75.0 Å². The minimum absolute atomic E-state index is 0.00356. The number of H-pyrrole nitrogens is 1. The van der Waals surface area contributed by atoms with E-state index in [1.165, 1.54) is 0 Å². The molecule has 0 atom stereocenters. The number of carbonyl (C=O) groups excluding carboxylic acids is 2. The number of nitrogens with zero attached hydrogens (tertiary/aromatic N) is 5. The molecule has 12 nitrogen and oxygen atoms in total. The van der Waals surface area contributed by atoms with Crippen LogP contribution in [-0.4, -0.2) is 60.1 Å². The van der Waals surface area contributed by atoms with Gasteiger partial charge in [0.2, 0.25) is 5.82 Å². The first-order valence-electron chi connectivity index (χ1n) is 14.3. The van der Waals surface area contributed by atoms with E-state index in [0.717, 1.165) is 35.1 Å². The second kappa shape index (κ2) is 14.1. The first-order chi connectivity index (χ1) is 20.6. The maximum absolute atomic E-state index is 13.6. The van der Waals surface area contributed by atoms with Crippen molar-refractivity contribution in [3.8, 4) is 22.5 Å². The number of hydrogen-bond acceptors (Lipinski definition) is 10. The van der Waals surface area contributed by atoms with Crippen LogP contribution < -0.4 is 0 Å². The summed E-state index contributed by atoms with van der Waals surface area (Å²) < 4.78 is 17.7. The van der Waals surface area contributed by atoms with Crippen molar-refractivity contribution in [3.63, 3.8) is 0 Å². The molecule has 0 aliphatic carbocycles. The molecule has 0 bridgehead atoms. The lowest BCUT2D eigenvalue weighted by Gasteiger charge is -2.18. The van der Waals surface area contributed by atoms with E-state index in [2.05, 4.69) is 32.5 Å². The van der Waals surface area contributed by atoms with Gasteiger partial charge in [-0.3, -0.25) is 0 Å². The SMILES string of the molecule is CCCCc1nc(C(C)(C)O)c(C(=O)OCc2ccc(-c3ccccc3-c3nn[nH]n3)cc2)n1CCOC(=O)OC(C)C. The van der Waals surface area contributed by atoms with Gasteiger partial charge in [-0.1, -0.05) is 61.9 Å². The number of benzene rings is 2. The molecular formula is C31H38N6O6. The third kappa shape index (κ3) is 8.04. The molecule has 0 amide bonds. The second-order valence-corrected chi connectivity index (χ2v) is 10.9.